The fraction of sp³-hybridized carbons (Fsp3) is 0.389. The Labute approximate surface area is 136 Å². The molecule has 1 aliphatic heterocycles. The fourth-order valence-corrected chi connectivity index (χ4v) is 3.09. The van der Waals surface area contributed by atoms with Crippen molar-refractivity contribution in [2.45, 2.75) is 32.1 Å². The molecule has 0 bridgehead atoms. The van der Waals surface area contributed by atoms with Crippen molar-refractivity contribution in [2.75, 3.05) is 13.1 Å². The molecular formula is C18H22N4O. The molecule has 5 heteroatoms. The Bertz CT molecular complexity index is 669. The molecule has 0 saturated carbocycles. The van der Waals surface area contributed by atoms with Crippen LogP contribution in [-0.4, -0.2) is 39.1 Å². The van der Waals surface area contributed by atoms with Crippen molar-refractivity contribution in [2.24, 2.45) is 0 Å². The van der Waals surface area contributed by atoms with Gasteiger partial charge in [0.1, 0.15) is 0 Å². The number of hydrogen-bond donors (Lipinski definition) is 1. The number of aryl methyl sites for hydroxylation is 1. The maximum Gasteiger partial charge on any atom is 0.246 e. The van der Waals surface area contributed by atoms with Crippen molar-refractivity contribution < 1.29 is 4.79 Å². The first-order valence-corrected chi connectivity index (χ1v) is 8.17. The molecule has 0 radical (unpaired) electrons. The van der Waals surface area contributed by atoms with E-state index in [4.69, 9.17) is 0 Å². The van der Waals surface area contributed by atoms with Gasteiger partial charge in [0, 0.05) is 43.2 Å². The fourth-order valence-electron chi connectivity index (χ4n) is 3.09. The Hall–Kier alpha value is -2.43. The van der Waals surface area contributed by atoms with Gasteiger partial charge in [-0.15, -0.1) is 0 Å². The molecule has 3 rings (SSSR count). The highest BCUT2D eigenvalue weighted by Gasteiger charge is 2.25. The quantitative estimate of drug-likeness (QED) is 0.883. The summed E-state index contributed by atoms with van der Waals surface area (Å²) in [6.45, 7) is 3.75. The lowest BCUT2D eigenvalue weighted by atomic mass is 9.91. The van der Waals surface area contributed by atoms with E-state index in [1.807, 2.05) is 29.3 Å². The smallest absolute Gasteiger partial charge is 0.246 e. The highest BCUT2D eigenvalue weighted by atomic mass is 16.2. The molecule has 1 amide bonds. The van der Waals surface area contributed by atoms with Crippen molar-refractivity contribution in [3.8, 4) is 0 Å². The van der Waals surface area contributed by atoms with Gasteiger partial charge in [0.2, 0.25) is 5.91 Å². The highest BCUT2D eigenvalue weighted by molar-refractivity contribution is 5.91. The number of nitrogens with zero attached hydrogens (tertiary/aromatic N) is 3. The lowest BCUT2D eigenvalue weighted by Gasteiger charge is -2.31. The lowest BCUT2D eigenvalue weighted by molar-refractivity contribution is -0.126. The molecule has 1 N–H and O–H groups in total. The Kier molecular flexibility index (Phi) is 4.86. The van der Waals surface area contributed by atoms with Gasteiger partial charge in [0.25, 0.3) is 0 Å². The number of aromatic amines is 1. The van der Waals surface area contributed by atoms with Gasteiger partial charge >= 0.3 is 0 Å². The van der Waals surface area contributed by atoms with E-state index in [9.17, 15) is 4.79 Å². The molecule has 1 aliphatic rings. The molecule has 5 nitrogen and oxygen atoms in total. The monoisotopic (exact) mass is 310 g/mol. The summed E-state index contributed by atoms with van der Waals surface area (Å²) in [5.41, 5.74) is 3.55. The Balaban J connectivity index is 1.56. The minimum atomic E-state index is 0.0839. The van der Waals surface area contributed by atoms with Crippen molar-refractivity contribution in [3.63, 3.8) is 0 Å². The molecule has 0 unspecified atom stereocenters. The van der Waals surface area contributed by atoms with Crippen LogP contribution in [0.25, 0.3) is 6.08 Å². The van der Waals surface area contributed by atoms with Gasteiger partial charge in [-0.2, -0.15) is 5.10 Å². The molecule has 3 heterocycles. The molecule has 1 fully saturated rings. The van der Waals surface area contributed by atoms with Crippen LogP contribution in [0.15, 0.2) is 36.8 Å². The number of aromatic nitrogens is 3. The van der Waals surface area contributed by atoms with E-state index < -0.39 is 0 Å². The number of H-pyrrole nitrogens is 1. The topological polar surface area (TPSA) is 61.9 Å². The maximum atomic E-state index is 12.3. The third kappa shape index (κ3) is 3.67. The lowest BCUT2D eigenvalue weighted by Crippen LogP contribution is -2.37. The molecule has 1 saturated heterocycles. The SMILES string of the molecule is CCc1cn[nH]c1C1CCN(C(=O)C=Cc2ccncc2)CC1. The molecule has 0 aliphatic carbocycles. The average molecular weight is 310 g/mol. The number of likely N-dealkylation sites (tertiary alicyclic amines) is 1. The minimum Gasteiger partial charge on any atom is -0.339 e. The maximum absolute atomic E-state index is 12.3. The zero-order valence-corrected chi connectivity index (χ0v) is 13.4. The van der Waals surface area contributed by atoms with E-state index >= 15 is 0 Å². The number of hydrogen-bond acceptors (Lipinski definition) is 3. The third-order valence-electron chi connectivity index (χ3n) is 4.47. The Morgan fingerprint density at radius 1 is 1.35 bits per heavy atom. The van der Waals surface area contributed by atoms with Crippen molar-refractivity contribution in [1.29, 1.82) is 0 Å². The third-order valence-corrected chi connectivity index (χ3v) is 4.47. The number of amides is 1. The van der Waals surface area contributed by atoms with E-state index in [1.165, 1.54) is 11.3 Å². The first-order chi connectivity index (χ1) is 11.3. The van der Waals surface area contributed by atoms with Crippen molar-refractivity contribution in [3.05, 3.63) is 53.6 Å². The summed E-state index contributed by atoms with van der Waals surface area (Å²) in [5, 5.41) is 7.31. The summed E-state index contributed by atoms with van der Waals surface area (Å²) in [7, 11) is 0. The van der Waals surface area contributed by atoms with Crippen LogP contribution < -0.4 is 0 Å². The van der Waals surface area contributed by atoms with Crippen LogP contribution in [0.5, 0.6) is 0 Å². The number of carbonyl (C=O) groups excluding carboxylic acids is 1. The summed E-state index contributed by atoms with van der Waals surface area (Å²) < 4.78 is 0. The second-order valence-corrected chi connectivity index (χ2v) is 5.88. The second kappa shape index (κ2) is 7.22. The zero-order valence-electron chi connectivity index (χ0n) is 13.4. The minimum absolute atomic E-state index is 0.0839. The Morgan fingerprint density at radius 2 is 2.09 bits per heavy atom. The van der Waals surface area contributed by atoms with Crippen LogP contribution in [0.1, 0.15) is 42.5 Å². The molecule has 2 aromatic rings. The van der Waals surface area contributed by atoms with E-state index in [1.54, 1.807) is 18.5 Å². The van der Waals surface area contributed by atoms with Crippen LogP contribution in [-0.2, 0) is 11.2 Å². The van der Waals surface area contributed by atoms with Gasteiger partial charge in [0.05, 0.1) is 6.20 Å². The van der Waals surface area contributed by atoms with Gasteiger partial charge in [-0.1, -0.05) is 6.92 Å². The second-order valence-electron chi connectivity index (χ2n) is 5.88. The van der Waals surface area contributed by atoms with Crippen LogP contribution in [0.4, 0.5) is 0 Å². The summed E-state index contributed by atoms with van der Waals surface area (Å²) >= 11 is 0. The van der Waals surface area contributed by atoms with Gasteiger partial charge in [-0.25, -0.2) is 0 Å². The first kappa shape index (κ1) is 15.5. The molecule has 0 aromatic carbocycles. The molecule has 120 valence electrons. The molecule has 0 spiro atoms. The molecule has 0 atom stereocenters. The summed E-state index contributed by atoms with van der Waals surface area (Å²) in [4.78, 5) is 18.2. The van der Waals surface area contributed by atoms with Crippen LogP contribution in [0, 0.1) is 0 Å². The number of carbonyl (C=O) groups is 1. The van der Waals surface area contributed by atoms with Gasteiger partial charge in [-0.05, 0) is 48.6 Å². The first-order valence-electron chi connectivity index (χ1n) is 8.17. The van der Waals surface area contributed by atoms with Gasteiger partial charge in [0.15, 0.2) is 0 Å². The van der Waals surface area contributed by atoms with E-state index in [2.05, 4.69) is 22.1 Å². The van der Waals surface area contributed by atoms with Crippen LogP contribution in [0.3, 0.4) is 0 Å². The summed E-state index contributed by atoms with van der Waals surface area (Å²) in [5.74, 6) is 0.571. The number of rotatable bonds is 4. The summed E-state index contributed by atoms with van der Waals surface area (Å²) in [6.07, 6.45) is 11.9. The average Bonchev–Trinajstić information content (AvgIpc) is 3.09. The highest BCUT2D eigenvalue weighted by Crippen LogP contribution is 2.29. The zero-order chi connectivity index (χ0) is 16.1. The van der Waals surface area contributed by atoms with E-state index in [-0.39, 0.29) is 5.91 Å². The van der Waals surface area contributed by atoms with Crippen molar-refractivity contribution in [1.82, 2.24) is 20.1 Å². The Morgan fingerprint density at radius 3 is 2.78 bits per heavy atom. The van der Waals surface area contributed by atoms with Crippen LogP contribution >= 0.6 is 0 Å². The molecule has 2 aromatic heterocycles. The molecule has 23 heavy (non-hydrogen) atoms. The van der Waals surface area contributed by atoms with E-state index in [0.717, 1.165) is 37.9 Å². The molecular weight excluding hydrogens is 288 g/mol. The van der Waals surface area contributed by atoms with Crippen LogP contribution in [0.2, 0.25) is 0 Å². The van der Waals surface area contributed by atoms with E-state index in [0.29, 0.717) is 5.92 Å². The van der Waals surface area contributed by atoms with Gasteiger partial charge in [-0.3, -0.25) is 14.9 Å². The standard InChI is InChI=1S/C18H22N4O/c1-2-15-13-20-21-18(15)16-7-11-22(12-8-16)17(23)4-3-14-5-9-19-10-6-14/h3-6,9-10,13,16H,2,7-8,11-12H2,1H3,(H,20,21). The normalized spacial score (nSPS) is 16.1. The number of piperidine rings is 1. The van der Waals surface area contributed by atoms with Crippen molar-refractivity contribution >= 4 is 12.0 Å². The number of nitrogens with one attached hydrogen (secondary N) is 1. The predicted octanol–water partition coefficient (Wildman–Crippen LogP) is 2.79. The van der Waals surface area contributed by atoms with Gasteiger partial charge < -0.3 is 4.90 Å². The predicted molar refractivity (Wildman–Crippen MR) is 89.8 cm³/mol. The number of pyridine rings is 1. The summed E-state index contributed by atoms with van der Waals surface area (Å²) in [6, 6.07) is 3.78. The largest absolute Gasteiger partial charge is 0.339 e.